The average molecular weight is 241 g/mol. The first-order valence-corrected chi connectivity index (χ1v) is 7.18. The normalized spacial score (nSPS) is 40.9. The molecule has 4 bridgehead atoms. The minimum absolute atomic E-state index is 0.487. The SMILES string of the molecule is N#Cc1nccn1CC12CC3CC(CC(C3)C1)C2. The van der Waals surface area contributed by atoms with Gasteiger partial charge in [-0.15, -0.1) is 0 Å². The maximum absolute atomic E-state index is 9.09. The van der Waals surface area contributed by atoms with E-state index in [0.717, 1.165) is 24.3 Å². The van der Waals surface area contributed by atoms with Crippen molar-refractivity contribution in [3.05, 3.63) is 18.2 Å². The van der Waals surface area contributed by atoms with Crippen LogP contribution in [0.4, 0.5) is 0 Å². The molecule has 3 nitrogen and oxygen atoms in total. The van der Waals surface area contributed by atoms with Gasteiger partial charge in [-0.1, -0.05) is 0 Å². The van der Waals surface area contributed by atoms with E-state index in [4.69, 9.17) is 5.26 Å². The van der Waals surface area contributed by atoms with Gasteiger partial charge in [0.25, 0.3) is 0 Å². The van der Waals surface area contributed by atoms with Crippen molar-refractivity contribution in [2.45, 2.75) is 45.1 Å². The lowest BCUT2D eigenvalue weighted by Gasteiger charge is -2.57. The summed E-state index contributed by atoms with van der Waals surface area (Å²) in [5.41, 5.74) is 0.487. The highest BCUT2D eigenvalue weighted by Gasteiger charge is 2.50. The predicted molar refractivity (Wildman–Crippen MR) is 67.5 cm³/mol. The van der Waals surface area contributed by atoms with Crippen LogP contribution < -0.4 is 0 Å². The lowest BCUT2D eigenvalue weighted by atomic mass is 9.49. The van der Waals surface area contributed by atoms with Crippen LogP contribution in [0, 0.1) is 34.5 Å². The summed E-state index contributed by atoms with van der Waals surface area (Å²) in [6.45, 7) is 1.03. The third-order valence-corrected chi connectivity index (χ3v) is 5.49. The second kappa shape index (κ2) is 3.60. The smallest absolute Gasteiger partial charge is 0.212 e. The molecule has 5 rings (SSSR count). The molecule has 3 heteroatoms. The summed E-state index contributed by atoms with van der Waals surface area (Å²) in [6.07, 6.45) is 12.4. The number of imidazole rings is 1. The fraction of sp³-hybridized carbons (Fsp3) is 0.733. The maximum atomic E-state index is 9.09. The summed E-state index contributed by atoms with van der Waals surface area (Å²) in [6, 6.07) is 2.21. The van der Waals surface area contributed by atoms with Crippen molar-refractivity contribution in [3.63, 3.8) is 0 Å². The summed E-state index contributed by atoms with van der Waals surface area (Å²) in [5.74, 6) is 3.52. The summed E-state index contributed by atoms with van der Waals surface area (Å²) in [5, 5.41) is 9.09. The van der Waals surface area contributed by atoms with Crippen molar-refractivity contribution in [3.8, 4) is 6.07 Å². The Hall–Kier alpha value is -1.30. The lowest BCUT2D eigenvalue weighted by Crippen LogP contribution is -2.47. The zero-order chi connectivity index (χ0) is 12.2. The molecule has 94 valence electrons. The molecule has 4 saturated carbocycles. The molecule has 0 unspecified atom stereocenters. The molecule has 1 heterocycles. The van der Waals surface area contributed by atoms with E-state index in [0.29, 0.717) is 11.2 Å². The second-order valence-electron chi connectivity index (χ2n) is 6.91. The molecular weight excluding hydrogens is 222 g/mol. The zero-order valence-electron chi connectivity index (χ0n) is 10.7. The maximum Gasteiger partial charge on any atom is 0.212 e. The van der Waals surface area contributed by atoms with Gasteiger partial charge in [-0.05, 0) is 61.7 Å². The van der Waals surface area contributed by atoms with Gasteiger partial charge < -0.3 is 4.57 Å². The van der Waals surface area contributed by atoms with Crippen LogP contribution in [-0.2, 0) is 6.54 Å². The Morgan fingerprint density at radius 1 is 1.22 bits per heavy atom. The molecule has 0 atom stereocenters. The second-order valence-corrected chi connectivity index (χ2v) is 6.91. The van der Waals surface area contributed by atoms with Crippen LogP contribution >= 0.6 is 0 Å². The van der Waals surface area contributed by atoms with Gasteiger partial charge in [-0.25, -0.2) is 4.98 Å². The topological polar surface area (TPSA) is 41.6 Å². The molecule has 1 aromatic rings. The highest BCUT2D eigenvalue weighted by atomic mass is 15.1. The molecule has 0 radical (unpaired) electrons. The van der Waals surface area contributed by atoms with Gasteiger partial charge in [0, 0.05) is 18.9 Å². The van der Waals surface area contributed by atoms with Gasteiger partial charge in [-0.3, -0.25) is 0 Å². The van der Waals surface area contributed by atoms with E-state index in [1.807, 2.05) is 6.20 Å². The van der Waals surface area contributed by atoms with Crippen LogP contribution in [-0.4, -0.2) is 9.55 Å². The number of hydrogen-bond acceptors (Lipinski definition) is 2. The standard InChI is InChI=1S/C15H19N3/c16-9-14-17-1-2-18(14)10-15-6-11-3-12(7-15)5-13(4-11)8-15/h1-2,11-13H,3-8,10H2. The molecule has 0 aromatic carbocycles. The fourth-order valence-corrected chi connectivity index (χ4v) is 5.39. The molecule has 0 N–H and O–H groups in total. The van der Waals surface area contributed by atoms with Gasteiger partial charge in [0.15, 0.2) is 0 Å². The van der Waals surface area contributed by atoms with Crippen LogP contribution in [0.15, 0.2) is 12.4 Å². The highest BCUT2D eigenvalue weighted by Crippen LogP contribution is 2.60. The van der Waals surface area contributed by atoms with E-state index in [-0.39, 0.29) is 0 Å². The molecule has 1 aromatic heterocycles. The molecule has 0 aliphatic heterocycles. The average Bonchev–Trinajstić information content (AvgIpc) is 2.73. The first-order chi connectivity index (χ1) is 8.76. The Labute approximate surface area is 108 Å². The first kappa shape index (κ1) is 10.6. The number of aromatic nitrogens is 2. The molecular formula is C15H19N3. The Morgan fingerprint density at radius 2 is 1.83 bits per heavy atom. The monoisotopic (exact) mass is 241 g/mol. The van der Waals surface area contributed by atoms with E-state index in [1.54, 1.807) is 6.20 Å². The van der Waals surface area contributed by atoms with Gasteiger partial charge in [0.2, 0.25) is 5.82 Å². The highest BCUT2D eigenvalue weighted by molar-refractivity contribution is 5.12. The van der Waals surface area contributed by atoms with Crippen LogP contribution in [0.25, 0.3) is 0 Å². The predicted octanol–water partition coefficient (Wildman–Crippen LogP) is 2.97. The van der Waals surface area contributed by atoms with Crippen LogP contribution in [0.2, 0.25) is 0 Å². The minimum atomic E-state index is 0.487. The van der Waals surface area contributed by atoms with Gasteiger partial charge in [0.05, 0.1) is 0 Å². The third kappa shape index (κ3) is 1.51. The third-order valence-electron chi connectivity index (χ3n) is 5.49. The van der Waals surface area contributed by atoms with Crippen LogP contribution in [0.3, 0.4) is 0 Å². The van der Waals surface area contributed by atoms with Crippen LogP contribution in [0.5, 0.6) is 0 Å². The molecule has 4 aliphatic rings. The Balaban J connectivity index is 1.63. The zero-order valence-corrected chi connectivity index (χ0v) is 10.7. The summed E-state index contributed by atoms with van der Waals surface area (Å²) < 4.78 is 2.09. The van der Waals surface area contributed by atoms with Crippen molar-refractivity contribution in [1.29, 1.82) is 5.26 Å². The number of rotatable bonds is 2. The molecule has 4 aliphatic carbocycles. The summed E-state index contributed by atoms with van der Waals surface area (Å²) in [4.78, 5) is 4.13. The molecule has 0 saturated heterocycles. The molecule has 0 amide bonds. The molecule has 0 spiro atoms. The number of nitriles is 1. The number of nitrogens with zero attached hydrogens (tertiary/aromatic N) is 3. The van der Waals surface area contributed by atoms with Crippen molar-refractivity contribution in [1.82, 2.24) is 9.55 Å². The molecule has 18 heavy (non-hydrogen) atoms. The van der Waals surface area contributed by atoms with Gasteiger partial charge >= 0.3 is 0 Å². The van der Waals surface area contributed by atoms with Crippen molar-refractivity contribution < 1.29 is 0 Å². The quantitative estimate of drug-likeness (QED) is 0.798. The Kier molecular flexibility index (Phi) is 2.12. The van der Waals surface area contributed by atoms with Crippen LogP contribution in [0.1, 0.15) is 44.3 Å². The van der Waals surface area contributed by atoms with Crippen molar-refractivity contribution >= 4 is 0 Å². The van der Waals surface area contributed by atoms with E-state index in [9.17, 15) is 0 Å². The summed E-state index contributed by atoms with van der Waals surface area (Å²) in [7, 11) is 0. The summed E-state index contributed by atoms with van der Waals surface area (Å²) >= 11 is 0. The van der Waals surface area contributed by atoms with Gasteiger partial charge in [-0.2, -0.15) is 5.26 Å². The van der Waals surface area contributed by atoms with Gasteiger partial charge in [0.1, 0.15) is 6.07 Å². The van der Waals surface area contributed by atoms with Crippen molar-refractivity contribution in [2.24, 2.45) is 23.2 Å². The van der Waals surface area contributed by atoms with E-state index >= 15 is 0 Å². The number of hydrogen-bond donors (Lipinski definition) is 0. The molecule has 4 fully saturated rings. The van der Waals surface area contributed by atoms with E-state index < -0.39 is 0 Å². The largest absolute Gasteiger partial charge is 0.322 e. The van der Waals surface area contributed by atoms with Crippen molar-refractivity contribution in [2.75, 3.05) is 0 Å². The minimum Gasteiger partial charge on any atom is -0.322 e. The first-order valence-electron chi connectivity index (χ1n) is 7.18. The van der Waals surface area contributed by atoms with E-state index in [1.165, 1.54) is 38.5 Å². The Bertz CT molecular complexity index is 473. The Morgan fingerprint density at radius 3 is 2.39 bits per heavy atom. The fourth-order valence-electron chi connectivity index (χ4n) is 5.39. The lowest BCUT2D eigenvalue weighted by molar-refractivity contribution is -0.0620. The van der Waals surface area contributed by atoms with E-state index in [2.05, 4.69) is 15.6 Å².